The molecule has 0 N–H and O–H groups in total. The normalized spacial score (nSPS) is 10.5. The summed E-state index contributed by atoms with van der Waals surface area (Å²) >= 11 is 6.91. The second-order valence-electron chi connectivity index (χ2n) is 4.20. The van der Waals surface area contributed by atoms with E-state index in [9.17, 15) is 10.1 Å². The molecule has 0 spiro atoms. The van der Waals surface area contributed by atoms with Gasteiger partial charge in [0.15, 0.2) is 0 Å². The molecule has 4 nitrogen and oxygen atoms in total. The Morgan fingerprint density at radius 3 is 2.55 bits per heavy atom. The van der Waals surface area contributed by atoms with Crippen LogP contribution >= 0.6 is 44.7 Å². The summed E-state index contributed by atoms with van der Waals surface area (Å²) in [5.41, 5.74) is 2.11. The maximum absolute atomic E-state index is 10.7. The molecule has 110 valence electrons. The van der Waals surface area contributed by atoms with Crippen molar-refractivity contribution in [1.29, 1.82) is 0 Å². The summed E-state index contributed by atoms with van der Waals surface area (Å²) in [5.74, 6) is 0. The van der Waals surface area contributed by atoms with Gasteiger partial charge in [-0.1, -0.05) is 75.0 Å². The Morgan fingerprint density at radius 2 is 1.91 bits per heavy atom. The Hall–Kier alpha value is -1.61. The van der Waals surface area contributed by atoms with E-state index in [1.807, 2.05) is 30.3 Å². The third-order valence-corrected chi connectivity index (χ3v) is 7.26. The summed E-state index contributed by atoms with van der Waals surface area (Å²) in [7, 11) is 3.16. The first-order chi connectivity index (χ1) is 10.6. The van der Waals surface area contributed by atoms with Crippen LogP contribution in [0.1, 0.15) is 0 Å². The van der Waals surface area contributed by atoms with E-state index in [1.54, 1.807) is 26.7 Å². The Morgan fingerprint density at radius 1 is 1.14 bits per heavy atom. The fourth-order valence-electron chi connectivity index (χ4n) is 1.79. The topological polar surface area (TPSA) is 56.0 Å². The van der Waals surface area contributed by atoms with Gasteiger partial charge in [0.2, 0.25) is 0 Å². The predicted molar refractivity (Wildman–Crippen MR) is 93.5 cm³/mol. The molecule has 0 unspecified atom stereocenters. The fraction of sp³-hybridized carbons (Fsp3) is 0. The monoisotopic (exact) mass is 364 g/mol. The molecule has 2 heterocycles. The van der Waals surface area contributed by atoms with Crippen LogP contribution in [0.15, 0.2) is 57.9 Å². The highest BCUT2D eigenvalue weighted by Crippen LogP contribution is 2.43. The molecule has 2 aromatic heterocycles. The van der Waals surface area contributed by atoms with E-state index in [-0.39, 0.29) is 5.69 Å². The zero-order valence-corrected chi connectivity index (χ0v) is 14.2. The van der Waals surface area contributed by atoms with Gasteiger partial charge in [-0.3, -0.25) is 10.1 Å². The number of aromatic nitrogens is 1. The smallest absolute Gasteiger partial charge is 0.258 e. The first-order valence-electron chi connectivity index (χ1n) is 6.12. The predicted octanol–water partition coefficient (Wildman–Crippen LogP) is 5.66. The van der Waals surface area contributed by atoms with Crippen LogP contribution in [0.2, 0.25) is 0 Å². The lowest BCUT2D eigenvalue weighted by molar-refractivity contribution is -0.385. The molecule has 1 aromatic carbocycles. The highest BCUT2D eigenvalue weighted by molar-refractivity contribution is 8.03. The van der Waals surface area contributed by atoms with Gasteiger partial charge in [0.05, 0.1) is 9.13 Å². The fourth-order valence-corrected chi connectivity index (χ4v) is 6.04. The molecule has 0 aliphatic rings. The van der Waals surface area contributed by atoms with Crippen molar-refractivity contribution in [2.75, 3.05) is 0 Å². The van der Waals surface area contributed by atoms with E-state index in [2.05, 4.69) is 4.98 Å². The number of pyridine rings is 1. The average Bonchev–Trinajstić information content (AvgIpc) is 2.89. The molecule has 0 bridgehead atoms. The third-order valence-electron chi connectivity index (χ3n) is 2.79. The van der Waals surface area contributed by atoms with Gasteiger partial charge in [-0.2, -0.15) is 0 Å². The van der Waals surface area contributed by atoms with Crippen molar-refractivity contribution in [1.82, 2.24) is 4.98 Å². The summed E-state index contributed by atoms with van der Waals surface area (Å²) in [6, 6.07) is 13.1. The van der Waals surface area contributed by atoms with E-state index in [1.165, 1.54) is 24.0 Å². The van der Waals surface area contributed by atoms with E-state index in [4.69, 9.17) is 12.2 Å². The van der Waals surface area contributed by atoms with E-state index >= 15 is 0 Å². The van der Waals surface area contributed by atoms with Crippen LogP contribution in [-0.4, -0.2) is 9.91 Å². The van der Waals surface area contributed by atoms with Gasteiger partial charge >= 0.3 is 0 Å². The molecule has 0 saturated carbocycles. The molecule has 22 heavy (non-hydrogen) atoms. The van der Waals surface area contributed by atoms with Crippen LogP contribution in [0.4, 0.5) is 5.69 Å². The summed E-state index contributed by atoms with van der Waals surface area (Å²) < 4.78 is 1.91. The average molecular weight is 364 g/mol. The summed E-state index contributed by atoms with van der Waals surface area (Å²) in [4.78, 5) is 14.3. The van der Waals surface area contributed by atoms with Gasteiger partial charge in [0.1, 0.15) is 15.0 Å². The minimum Gasteiger partial charge on any atom is -0.258 e. The maximum atomic E-state index is 10.7. The Bertz CT molecular complexity index is 857. The number of nitro groups is 1. The third kappa shape index (κ3) is 3.25. The molecule has 0 amide bonds. The van der Waals surface area contributed by atoms with Crippen LogP contribution < -0.4 is 0 Å². The highest BCUT2D eigenvalue weighted by Gasteiger charge is 2.13. The molecule has 0 fully saturated rings. The number of rotatable bonds is 4. The second kappa shape index (κ2) is 6.66. The SMILES string of the molecule is O=[N+]([O-])c1ccc(Sc2ssc(=S)c2-c2ccccc2)nc1. The molecular formula is C14H8N2O2S4. The number of hydrogen-bond donors (Lipinski definition) is 0. The molecule has 0 aliphatic carbocycles. The van der Waals surface area contributed by atoms with E-state index in [0.717, 1.165) is 19.2 Å². The summed E-state index contributed by atoms with van der Waals surface area (Å²) in [6.07, 6.45) is 1.27. The molecule has 3 aromatic rings. The van der Waals surface area contributed by atoms with Crippen LogP contribution in [-0.2, 0) is 0 Å². The quantitative estimate of drug-likeness (QED) is 0.259. The molecule has 3 rings (SSSR count). The molecule has 0 aliphatic heterocycles. The van der Waals surface area contributed by atoms with Crippen molar-refractivity contribution in [2.24, 2.45) is 0 Å². The molecule has 8 heteroatoms. The standard InChI is InChI=1S/C14H8N2O2S4/c17-16(18)10-6-7-11(15-8-10)20-14-12(13(19)21-22-14)9-4-2-1-3-5-9/h1-8H. The van der Waals surface area contributed by atoms with Crippen molar-refractivity contribution in [3.8, 4) is 11.1 Å². The van der Waals surface area contributed by atoms with Crippen molar-refractivity contribution >= 4 is 50.3 Å². The minimum absolute atomic E-state index is 0.00872. The molecule has 0 radical (unpaired) electrons. The minimum atomic E-state index is -0.453. The lowest BCUT2D eigenvalue weighted by atomic mass is 10.1. The van der Waals surface area contributed by atoms with Gasteiger partial charge in [0, 0.05) is 11.6 Å². The Kier molecular flexibility index (Phi) is 4.63. The van der Waals surface area contributed by atoms with E-state index in [0.29, 0.717) is 5.03 Å². The number of nitrogens with zero attached hydrogens (tertiary/aromatic N) is 2. The van der Waals surface area contributed by atoms with Crippen molar-refractivity contribution < 1.29 is 4.92 Å². The van der Waals surface area contributed by atoms with Crippen LogP contribution in [0, 0.1) is 13.9 Å². The summed E-state index contributed by atoms with van der Waals surface area (Å²) in [6.45, 7) is 0. The van der Waals surface area contributed by atoms with Crippen molar-refractivity contribution in [2.45, 2.75) is 9.24 Å². The van der Waals surface area contributed by atoms with Gasteiger partial charge in [0.25, 0.3) is 5.69 Å². The number of benzene rings is 1. The van der Waals surface area contributed by atoms with Crippen LogP contribution in [0.5, 0.6) is 0 Å². The van der Waals surface area contributed by atoms with Crippen molar-refractivity contribution in [3.63, 3.8) is 0 Å². The zero-order chi connectivity index (χ0) is 15.5. The first-order valence-corrected chi connectivity index (χ1v) is 9.49. The maximum Gasteiger partial charge on any atom is 0.287 e. The lowest BCUT2D eigenvalue weighted by Gasteiger charge is -2.02. The zero-order valence-electron chi connectivity index (χ0n) is 11.0. The first kappa shape index (κ1) is 15.3. The lowest BCUT2D eigenvalue weighted by Crippen LogP contribution is -1.89. The van der Waals surface area contributed by atoms with E-state index < -0.39 is 4.92 Å². The van der Waals surface area contributed by atoms with Crippen LogP contribution in [0.3, 0.4) is 0 Å². The largest absolute Gasteiger partial charge is 0.287 e. The van der Waals surface area contributed by atoms with Crippen LogP contribution in [0.25, 0.3) is 11.1 Å². The molecule has 0 atom stereocenters. The second-order valence-corrected chi connectivity index (χ2v) is 8.30. The number of hydrogen-bond acceptors (Lipinski definition) is 7. The van der Waals surface area contributed by atoms with Gasteiger partial charge in [-0.05, 0) is 11.6 Å². The highest BCUT2D eigenvalue weighted by atomic mass is 32.9. The molecule has 0 saturated heterocycles. The van der Waals surface area contributed by atoms with Gasteiger partial charge < -0.3 is 0 Å². The van der Waals surface area contributed by atoms with Gasteiger partial charge in [-0.25, -0.2) is 4.98 Å². The van der Waals surface area contributed by atoms with Crippen molar-refractivity contribution in [3.05, 3.63) is 62.6 Å². The Labute approximate surface area is 143 Å². The molecular weight excluding hydrogens is 356 g/mol. The van der Waals surface area contributed by atoms with Gasteiger partial charge in [-0.15, -0.1) is 0 Å². The Balaban J connectivity index is 1.94. The summed E-state index contributed by atoms with van der Waals surface area (Å²) in [5, 5.41) is 11.4.